The Balaban J connectivity index is 1.41. The number of hydrogen-bond acceptors (Lipinski definition) is 25. The molecular formula is C35H50N2O29S2. The fourth-order valence-electron chi connectivity index (χ4n) is 7.41. The molecule has 4 aliphatic heterocycles. The summed E-state index contributed by atoms with van der Waals surface area (Å²) in [5.41, 5.74) is 0.805. The highest BCUT2D eigenvalue weighted by molar-refractivity contribution is 7.81. The van der Waals surface area contributed by atoms with Crippen molar-refractivity contribution < 1.29 is 137 Å². The largest absolute Gasteiger partial charge is 0.479 e. The van der Waals surface area contributed by atoms with Crippen molar-refractivity contribution in [3.05, 3.63) is 29.8 Å². The van der Waals surface area contributed by atoms with Crippen LogP contribution in [0, 0.1) is 6.92 Å². The molecule has 0 radical (unpaired) electrons. The quantitative estimate of drug-likeness (QED) is 0.0608. The number of aryl methyl sites for hydroxylation is 1. The van der Waals surface area contributed by atoms with Crippen molar-refractivity contribution in [3.8, 4) is 5.75 Å². The van der Waals surface area contributed by atoms with Crippen LogP contribution in [-0.4, -0.2) is 232 Å². The van der Waals surface area contributed by atoms with E-state index < -0.39 is 180 Å². The highest BCUT2D eigenvalue weighted by Crippen LogP contribution is 2.35. The minimum absolute atomic E-state index is 0.0828. The van der Waals surface area contributed by atoms with Gasteiger partial charge in [0.25, 0.3) is 0 Å². The highest BCUT2D eigenvalue weighted by atomic mass is 32.3. The molecule has 68 heavy (non-hydrogen) atoms. The Morgan fingerprint density at radius 1 is 0.544 bits per heavy atom. The van der Waals surface area contributed by atoms with E-state index in [9.17, 15) is 86.5 Å². The summed E-state index contributed by atoms with van der Waals surface area (Å²) in [7, 11) is -10.6. The van der Waals surface area contributed by atoms with Gasteiger partial charge in [-0.1, -0.05) is 17.7 Å². The smallest absolute Gasteiger partial charge is 0.397 e. The lowest BCUT2D eigenvalue weighted by atomic mass is 9.94. The zero-order valence-electron chi connectivity index (χ0n) is 35.4. The molecule has 0 spiro atoms. The van der Waals surface area contributed by atoms with Crippen LogP contribution in [0.1, 0.15) is 19.4 Å². The third-order valence-electron chi connectivity index (χ3n) is 10.6. The monoisotopic (exact) mass is 1030 g/mol. The zero-order valence-corrected chi connectivity index (χ0v) is 37.0. The molecule has 0 aliphatic carbocycles. The SMILES string of the molecule is CC(=O)NC1[C@@H](O[C@@H]2C(C(=O)O)O[C@@H](O[C@@H]3C(COS(=O)(=O)O)O[C@H](O[C@@H]4C(C(=O)O)O[C@@H](Oc5ccc(C)cc5)C(O)[C@H]4O)C(NC(C)=O)[C@H]3O)C(O)[C@H]2O)OC(COS(=O)(=O)O)[C@@H](O)[C@@H]1O. The first-order chi connectivity index (χ1) is 31.6. The highest BCUT2D eigenvalue weighted by Gasteiger charge is 2.58. The molecule has 386 valence electrons. The van der Waals surface area contributed by atoms with Crippen molar-refractivity contribution in [2.75, 3.05) is 13.2 Å². The minimum Gasteiger partial charge on any atom is -0.479 e. The van der Waals surface area contributed by atoms with Crippen LogP contribution in [0.4, 0.5) is 0 Å². The molecule has 4 saturated heterocycles. The van der Waals surface area contributed by atoms with Gasteiger partial charge in [-0.25, -0.2) is 18.0 Å². The summed E-state index contributed by atoms with van der Waals surface area (Å²) in [6, 6.07) is 2.31. The van der Waals surface area contributed by atoms with Crippen LogP contribution in [0.15, 0.2) is 24.3 Å². The van der Waals surface area contributed by atoms with E-state index in [1.54, 1.807) is 19.1 Å². The van der Waals surface area contributed by atoms with Gasteiger partial charge in [0.2, 0.25) is 18.1 Å². The number of hydrogen-bond donors (Lipinski definition) is 13. The van der Waals surface area contributed by atoms with E-state index in [-0.39, 0.29) is 5.75 Å². The van der Waals surface area contributed by atoms with E-state index in [0.29, 0.717) is 0 Å². The van der Waals surface area contributed by atoms with Gasteiger partial charge in [0.05, 0.1) is 13.2 Å². The first kappa shape index (κ1) is 55.0. The maximum absolute atomic E-state index is 12.6. The normalized spacial score (nSPS) is 39.1. The molecule has 4 aliphatic rings. The Morgan fingerprint density at radius 3 is 1.41 bits per heavy atom. The van der Waals surface area contributed by atoms with Crippen molar-refractivity contribution in [1.29, 1.82) is 0 Å². The number of carbonyl (C=O) groups excluding carboxylic acids is 2. The molecule has 20 atom stereocenters. The van der Waals surface area contributed by atoms with E-state index in [0.717, 1.165) is 19.4 Å². The average Bonchev–Trinajstić information content (AvgIpc) is 3.23. The van der Waals surface area contributed by atoms with Gasteiger partial charge in [0.1, 0.15) is 91.1 Å². The van der Waals surface area contributed by atoms with Gasteiger partial charge in [-0.05, 0) is 19.1 Å². The second-order valence-electron chi connectivity index (χ2n) is 15.7. The van der Waals surface area contributed by atoms with Gasteiger partial charge in [-0.2, -0.15) is 16.8 Å². The molecule has 5 rings (SSSR count). The number of benzene rings is 1. The van der Waals surface area contributed by atoms with Gasteiger partial charge in [0.15, 0.2) is 31.1 Å². The average molecular weight is 1030 g/mol. The molecule has 31 nitrogen and oxygen atoms in total. The Morgan fingerprint density at radius 2 is 0.956 bits per heavy atom. The van der Waals surface area contributed by atoms with Crippen LogP contribution >= 0.6 is 0 Å². The van der Waals surface area contributed by atoms with Gasteiger partial charge in [-0.3, -0.25) is 18.7 Å². The summed E-state index contributed by atoms with van der Waals surface area (Å²) in [5, 5.41) is 102. The molecular weight excluding hydrogens is 977 g/mol. The predicted octanol–water partition coefficient (Wildman–Crippen LogP) is -7.23. The number of carbonyl (C=O) groups is 4. The first-order valence-corrected chi connectivity index (χ1v) is 22.6. The van der Waals surface area contributed by atoms with Crippen molar-refractivity contribution >= 4 is 44.6 Å². The predicted molar refractivity (Wildman–Crippen MR) is 209 cm³/mol. The molecule has 8 unspecified atom stereocenters. The summed E-state index contributed by atoms with van der Waals surface area (Å²) in [4.78, 5) is 49.6. The molecule has 0 aromatic heterocycles. The first-order valence-electron chi connectivity index (χ1n) is 19.9. The lowest BCUT2D eigenvalue weighted by molar-refractivity contribution is -0.369. The van der Waals surface area contributed by atoms with E-state index in [1.807, 2.05) is 0 Å². The molecule has 13 N–H and O–H groups in total. The van der Waals surface area contributed by atoms with Crippen molar-refractivity contribution in [1.82, 2.24) is 10.6 Å². The number of aliphatic hydroxyl groups is 7. The maximum atomic E-state index is 12.6. The van der Waals surface area contributed by atoms with Crippen molar-refractivity contribution in [3.63, 3.8) is 0 Å². The Labute approximate surface area is 384 Å². The summed E-state index contributed by atoms with van der Waals surface area (Å²) in [5.74, 6) is -5.60. The summed E-state index contributed by atoms with van der Waals surface area (Å²) < 4.78 is 117. The number of aliphatic hydroxyl groups excluding tert-OH is 7. The number of rotatable bonds is 18. The summed E-state index contributed by atoms with van der Waals surface area (Å²) in [6.45, 7) is 1.02. The third kappa shape index (κ3) is 13.7. The molecule has 1 aromatic carbocycles. The van der Waals surface area contributed by atoms with E-state index in [1.165, 1.54) is 12.1 Å². The second-order valence-corrected chi connectivity index (χ2v) is 17.8. The molecule has 0 saturated carbocycles. The fourth-order valence-corrected chi connectivity index (χ4v) is 8.02. The van der Waals surface area contributed by atoms with Crippen LogP contribution < -0.4 is 15.4 Å². The van der Waals surface area contributed by atoms with Gasteiger partial charge in [-0.15, -0.1) is 0 Å². The lowest BCUT2D eigenvalue weighted by Crippen LogP contribution is -2.70. The topological polar surface area (TPSA) is 475 Å². The van der Waals surface area contributed by atoms with Crippen LogP contribution in [-0.2, 0) is 81.5 Å². The number of carboxylic acids is 2. The number of ether oxygens (including phenoxy) is 8. The summed E-state index contributed by atoms with van der Waals surface area (Å²) >= 11 is 0. The van der Waals surface area contributed by atoms with Crippen LogP contribution in [0.2, 0.25) is 0 Å². The number of aliphatic carboxylic acids is 2. The molecule has 1 aromatic rings. The van der Waals surface area contributed by atoms with Crippen LogP contribution in [0.25, 0.3) is 0 Å². The lowest BCUT2D eigenvalue weighted by Gasteiger charge is -2.49. The molecule has 2 amide bonds. The van der Waals surface area contributed by atoms with Gasteiger partial charge in [0, 0.05) is 13.8 Å². The second kappa shape index (κ2) is 22.4. The van der Waals surface area contributed by atoms with Crippen LogP contribution in [0.5, 0.6) is 5.75 Å². The number of amides is 2. The molecule has 0 bridgehead atoms. The Hall–Kier alpha value is -3.92. The number of nitrogens with one attached hydrogen (secondary N) is 2. The van der Waals surface area contributed by atoms with E-state index in [2.05, 4.69) is 19.0 Å². The maximum Gasteiger partial charge on any atom is 0.397 e. The number of carboxylic acid groups (broad SMARTS) is 2. The molecule has 4 fully saturated rings. The van der Waals surface area contributed by atoms with Gasteiger partial charge < -0.3 is 94.5 Å². The van der Waals surface area contributed by atoms with E-state index >= 15 is 0 Å². The fraction of sp³-hybridized carbons (Fsp3) is 0.714. The Bertz CT molecular complexity index is 2150. The standard InChI is InChI=1S/C35H50N2O29S2/c1-10-4-6-13(7-5-10)59-34-23(45)21(43)26(28(65-34)30(47)48)64-33-17(37-12(3)39)20(42)25(15(61-33)9-58-68(54,55)56)62-35-24(46)22(44)27(29(66-35)31(49)50)63-32-16(36-11(2)38)19(41)18(40)14(60-32)8-57-67(51,52)53/h4-7,14-29,32-35,40-46H,8-9H2,1-3H3,(H,36,38)(H,37,39)(H,47,48)(H,49,50)(H,51,52,53)(H,54,55,56)/t14?,15?,16?,17?,18-,19-,20-,21-,22-,23?,24?,25-,26+,27+,28?,29?,32-,33-,34-,35-/m1/s1. The molecule has 33 heteroatoms. The van der Waals surface area contributed by atoms with Crippen molar-refractivity contribution in [2.24, 2.45) is 0 Å². The van der Waals surface area contributed by atoms with Crippen molar-refractivity contribution in [2.45, 2.75) is 143 Å². The minimum atomic E-state index is -5.39. The van der Waals surface area contributed by atoms with Gasteiger partial charge >= 0.3 is 32.7 Å². The van der Waals surface area contributed by atoms with Crippen LogP contribution in [0.3, 0.4) is 0 Å². The zero-order chi connectivity index (χ0) is 50.7. The Kier molecular flexibility index (Phi) is 18.2. The van der Waals surface area contributed by atoms with E-state index in [4.69, 9.17) is 42.4 Å². The summed E-state index contributed by atoms with van der Waals surface area (Å²) in [6.07, 6.45) is -39.8. The third-order valence-corrected chi connectivity index (χ3v) is 11.5. The molecule has 4 heterocycles.